The van der Waals surface area contributed by atoms with Crippen LogP contribution in [-0.2, 0) is 0 Å². The Morgan fingerprint density at radius 2 is 1.59 bits per heavy atom. The van der Waals surface area contributed by atoms with Crippen LogP contribution in [0.25, 0.3) is 12.2 Å². The van der Waals surface area contributed by atoms with Crippen molar-refractivity contribution in [3.05, 3.63) is 53.8 Å². The van der Waals surface area contributed by atoms with Crippen LogP contribution in [0, 0.1) is 0 Å². The standard InChI is InChI=1S/C15H18OSi/c1-17(2,3)15-11-14(12-16-15)10-9-13-7-5-4-6-8-13/h4-12H,1-3H3/b10-9+. The molecule has 1 aromatic heterocycles. The summed E-state index contributed by atoms with van der Waals surface area (Å²) in [5, 5.41) is 1.16. The quantitative estimate of drug-likeness (QED) is 0.742. The Morgan fingerprint density at radius 3 is 2.18 bits per heavy atom. The minimum Gasteiger partial charge on any atom is -0.474 e. The first-order valence-corrected chi connectivity index (χ1v) is 9.38. The van der Waals surface area contributed by atoms with Gasteiger partial charge in [-0.15, -0.1) is 0 Å². The first-order chi connectivity index (χ1) is 8.05. The molecule has 0 spiro atoms. The highest BCUT2D eigenvalue weighted by Gasteiger charge is 2.20. The molecule has 0 aliphatic rings. The predicted octanol–water partition coefficient (Wildman–Crippen LogP) is 4.00. The second-order valence-corrected chi connectivity index (χ2v) is 10.2. The number of hydrogen-bond acceptors (Lipinski definition) is 1. The van der Waals surface area contributed by atoms with E-state index in [4.69, 9.17) is 4.42 Å². The normalized spacial score (nSPS) is 12.2. The summed E-state index contributed by atoms with van der Waals surface area (Å²) in [4.78, 5) is 0. The predicted molar refractivity (Wildman–Crippen MR) is 77.1 cm³/mol. The molecule has 0 aliphatic heterocycles. The van der Waals surface area contributed by atoms with E-state index in [9.17, 15) is 0 Å². The smallest absolute Gasteiger partial charge is 0.123 e. The Kier molecular flexibility index (Phi) is 3.34. The van der Waals surface area contributed by atoms with E-state index < -0.39 is 8.07 Å². The highest BCUT2D eigenvalue weighted by molar-refractivity contribution is 6.87. The van der Waals surface area contributed by atoms with E-state index >= 15 is 0 Å². The maximum Gasteiger partial charge on any atom is 0.123 e. The second-order valence-electron chi connectivity index (χ2n) is 5.24. The molecule has 2 rings (SSSR count). The van der Waals surface area contributed by atoms with Crippen molar-refractivity contribution >= 4 is 25.6 Å². The summed E-state index contributed by atoms with van der Waals surface area (Å²) < 4.78 is 5.63. The maximum atomic E-state index is 5.63. The molecule has 2 aromatic rings. The fourth-order valence-corrected chi connectivity index (χ4v) is 2.60. The Labute approximate surface area is 104 Å². The molecule has 1 aromatic carbocycles. The topological polar surface area (TPSA) is 13.1 Å². The molecule has 17 heavy (non-hydrogen) atoms. The van der Waals surface area contributed by atoms with E-state index in [1.807, 2.05) is 24.5 Å². The van der Waals surface area contributed by atoms with Gasteiger partial charge in [-0.2, -0.15) is 0 Å². The van der Waals surface area contributed by atoms with Gasteiger partial charge >= 0.3 is 0 Å². The number of benzene rings is 1. The van der Waals surface area contributed by atoms with Gasteiger partial charge in [-0.3, -0.25) is 0 Å². The molecule has 0 saturated carbocycles. The summed E-state index contributed by atoms with van der Waals surface area (Å²) in [5.74, 6) is 0. The van der Waals surface area contributed by atoms with Gasteiger partial charge in [0.05, 0.1) is 11.6 Å². The minimum absolute atomic E-state index is 1.14. The average molecular weight is 242 g/mol. The van der Waals surface area contributed by atoms with Crippen molar-refractivity contribution in [2.24, 2.45) is 0 Å². The molecule has 0 saturated heterocycles. The third-order valence-corrected chi connectivity index (χ3v) is 4.37. The third kappa shape index (κ3) is 3.20. The van der Waals surface area contributed by atoms with Crippen LogP contribution in [0.3, 0.4) is 0 Å². The van der Waals surface area contributed by atoms with Crippen molar-refractivity contribution < 1.29 is 4.42 Å². The van der Waals surface area contributed by atoms with Gasteiger partial charge < -0.3 is 4.42 Å². The summed E-state index contributed by atoms with van der Waals surface area (Å²) in [6.07, 6.45) is 6.05. The summed E-state index contributed by atoms with van der Waals surface area (Å²) in [5.41, 5.74) is 2.36. The van der Waals surface area contributed by atoms with Gasteiger partial charge in [0.2, 0.25) is 0 Å². The Hall–Kier alpha value is -1.54. The van der Waals surface area contributed by atoms with Gasteiger partial charge in [0.25, 0.3) is 0 Å². The van der Waals surface area contributed by atoms with E-state index in [0.29, 0.717) is 0 Å². The van der Waals surface area contributed by atoms with Gasteiger partial charge in [0.15, 0.2) is 0 Å². The van der Waals surface area contributed by atoms with Crippen LogP contribution >= 0.6 is 0 Å². The molecule has 0 amide bonds. The van der Waals surface area contributed by atoms with Crippen molar-refractivity contribution in [1.29, 1.82) is 0 Å². The van der Waals surface area contributed by atoms with Crippen molar-refractivity contribution in [2.75, 3.05) is 0 Å². The zero-order valence-electron chi connectivity index (χ0n) is 10.6. The fraction of sp³-hybridized carbons (Fsp3) is 0.200. The first kappa shape index (κ1) is 11.9. The zero-order chi connectivity index (χ0) is 12.3. The van der Waals surface area contributed by atoms with Gasteiger partial charge in [-0.05, 0) is 11.6 Å². The van der Waals surface area contributed by atoms with Crippen LogP contribution < -0.4 is 5.38 Å². The molecule has 0 unspecified atom stereocenters. The van der Waals surface area contributed by atoms with Crippen LogP contribution in [0.2, 0.25) is 19.6 Å². The monoisotopic (exact) mass is 242 g/mol. The zero-order valence-corrected chi connectivity index (χ0v) is 11.6. The molecule has 0 fully saturated rings. The van der Waals surface area contributed by atoms with E-state index in [1.54, 1.807) is 0 Å². The third-order valence-electron chi connectivity index (χ3n) is 2.63. The molecule has 2 heteroatoms. The van der Waals surface area contributed by atoms with Crippen molar-refractivity contribution in [2.45, 2.75) is 19.6 Å². The summed E-state index contributed by atoms with van der Waals surface area (Å²) in [7, 11) is -1.32. The molecule has 1 nitrogen and oxygen atoms in total. The fourth-order valence-electron chi connectivity index (χ4n) is 1.59. The Bertz CT molecular complexity index is 503. The molecule has 88 valence electrons. The summed E-state index contributed by atoms with van der Waals surface area (Å²) in [6.45, 7) is 6.86. The van der Waals surface area contributed by atoms with Gasteiger partial charge in [-0.1, -0.05) is 62.1 Å². The molecule has 0 atom stereocenters. The van der Waals surface area contributed by atoms with Gasteiger partial charge in [0, 0.05) is 5.56 Å². The largest absolute Gasteiger partial charge is 0.474 e. The van der Waals surface area contributed by atoms with E-state index in [-0.39, 0.29) is 0 Å². The SMILES string of the molecule is C[Si](C)(C)c1cc(/C=C/c2ccccc2)co1. The molecular weight excluding hydrogens is 224 g/mol. The Balaban J connectivity index is 2.15. The van der Waals surface area contributed by atoms with Crippen LogP contribution in [-0.4, -0.2) is 8.07 Å². The lowest BCUT2D eigenvalue weighted by molar-refractivity contribution is 0.597. The van der Waals surface area contributed by atoms with Crippen molar-refractivity contribution in [3.8, 4) is 0 Å². The molecule has 0 aliphatic carbocycles. The highest BCUT2D eigenvalue weighted by atomic mass is 28.3. The van der Waals surface area contributed by atoms with Crippen LogP contribution in [0.15, 0.2) is 47.1 Å². The van der Waals surface area contributed by atoms with Crippen molar-refractivity contribution in [3.63, 3.8) is 0 Å². The number of hydrogen-bond donors (Lipinski definition) is 0. The maximum absolute atomic E-state index is 5.63. The Morgan fingerprint density at radius 1 is 0.941 bits per heavy atom. The lowest BCUT2D eigenvalue weighted by Gasteiger charge is -2.10. The molecule has 0 N–H and O–H groups in total. The molecule has 0 radical (unpaired) electrons. The van der Waals surface area contributed by atoms with E-state index in [2.05, 4.69) is 50.0 Å². The van der Waals surface area contributed by atoms with E-state index in [0.717, 1.165) is 10.9 Å². The van der Waals surface area contributed by atoms with Crippen LogP contribution in [0.4, 0.5) is 0 Å². The van der Waals surface area contributed by atoms with Crippen LogP contribution in [0.5, 0.6) is 0 Å². The number of furan rings is 1. The lowest BCUT2D eigenvalue weighted by atomic mass is 10.2. The van der Waals surface area contributed by atoms with Crippen molar-refractivity contribution in [1.82, 2.24) is 0 Å². The summed E-state index contributed by atoms with van der Waals surface area (Å²) in [6, 6.07) is 12.5. The second kappa shape index (κ2) is 4.76. The molecule has 0 bridgehead atoms. The van der Waals surface area contributed by atoms with Gasteiger partial charge in [-0.25, -0.2) is 0 Å². The highest BCUT2D eigenvalue weighted by Crippen LogP contribution is 2.10. The first-order valence-electron chi connectivity index (χ1n) is 5.88. The molecular formula is C15H18OSi. The number of rotatable bonds is 3. The summed E-state index contributed by atoms with van der Waals surface area (Å²) >= 11 is 0. The minimum atomic E-state index is -1.32. The average Bonchev–Trinajstić information content (AvgIpc) is 2.76. The van der Waals surface area contributed by atoms with E-state index in [1.165, 1.54) is 5.56 Å². The van der Waals surface area contributed by atoms with Gasteiger partial charge in [0.1, 0.15) is 8.07 Å². The molecule has 1 heterocycles. The van der Waals surface area contributed by atoms with Crippen LogP contribution in [0.1, 0.15) is 11.1 Å². The lowest BCUT2D eigenvalue weighted by Crippen LogP contribution is -2.36.